The standard InChI is InChI=1S/C25H22F3N3O5S/c1-24(2,3)30-23(32)31-37(33,34)22-13-16(15-29)7-12-21(22)35-20-6-4-5-18(14-20)17-8-10-19(11-9-17)36-25(26,27)28/h4-14H,1-3H3,(H2,30,31,32). The van der Waals surface area contributed by atoms with Gasteiger partial charge in [-0.3, -0.25) is 0 Å². The number of urea groups is 1. The molecule has 0 spiro atoms. The number of hydrogen-bond donors (Lipinski definition) is 2. The quantitative estimate of drug-likeness (QED) is 0.420. The Bertz CT molecular complexity index is 1440. The highest BCUT2D eigenvalue weighted by molar-refractivity contribution is 7.90. The number of nitrogens with zero attached hydrogens (tertiary/aromatic N) is 1. The van der Waals surface area contributed by atoms with Gasteiger partial charge in [0, 0.05) is 5.54 Å². The van der Waals surface area contributed by atoms with E-state index in [9.17, 15) is 31.6 Å². The number of hydrogen-bond acceptors (Lipinski definition) is 6. The summed E-state index contributed by atoms with van der Waals surface area (Å²) in [5.74, 6) is -0.325. The fourth-order valence-electron chi connectivity index (χ4n) is 3.13. The number of benzene rings is 3. The number of nitriles is 1. The van der Waals surface area contributed by atoms with Crippen molar-refractivity contribution in [2.75, 3.05) is 0 Å². The van der Waals surface area contributed by atoms with Crippen molar-refractivity contribution in [2.45, 2.75) is 37.6 Å². The Labute approximate surface area is 211 Å². The number of alkyl halides is 3. The van der Waals surface area contributed by atoms with Crippen LogP contribution in [-0.2, 0) is 10.0 Å². The first-order valence-corrected chi connectivity index (χ1v) is 12.2. The van der Waals surface area contributed by atoms with E-state index in [1.165, 1.54) is 24.3 Å². The Morgan fingerprint density at radius 1 is 0.919 bits per heavy atom. The molecule has 0 bridgehead atoms. The lowest BCUT2D eigenvalue weighted by atomic mass is 10.1. The first-order chi connectivity index (χ1) is 17.1. The van der Waals surface area contributed by atoms with E-state index in [0.717, 1.165) is 18.2 Å². The van der Waals surface area contributed by atoms with E-state index < -0.39 is 32.9 Å². The van der Waals surface area contributed by atoms with Crippen molar-refractivity contribution in [1.29, 1.82) is 5.26 Å². The molecule has 0 aromatic heterocycles. The van der Waals surface area contributed by atoms with Crippen molar-refractivity contribution in [3.8, 4) is 34.4 Å². The predicted octanol–water partition coefficient (Wildman–Crippen LogP) is 5.70. The van der Waals surface area contributed by atoms with Gasteiger partial charge in [-0.25, -0.2) is 17.9 Å². The highest BCUT2D eigenvalue weighted by atomic mass is 32.2. The van der Waals surface area contributed by atoms with E-state index >= 15 is 0 Å². The van der Waals surface area contributed by atoms with E-state index in [-0.39, 0.29) is 22.8 Å². The van der Waals surface area contributed by atoms with Gasteiger partial charge in [-0.05, 0) is 74.4 Å². The van der Waals surface area contributed by atoms with Crippen molar-refractivity contribution in [3.63, 3.8) is 0 Å². The Morgan fingerprint density at radius 2 is 1.59 bits per heavy atom. The molecule has 0 unspecified atom stereocenters. The van der Waals surface area contributed by atoms with Crippen molar-refractivity contribution in [1.82, 2.24) is 10.0 Å². The topological polar surface area (TPSA) is 118 Å². The molecule has 12 heteroatoms. The second kappa shape index (κ2) is 10.4. The fourth-order valence-corrected chi connectivity index (χ4v) is 4.19. The normalized spacial score (nSPS) is 11.8. The number of carbonyl (C=O) groups excluding carboxylic acids is 1. The molecule has 0 saturated heterocycles. The van der Waals surface area contributed by atoms with Gasteiger partial charge in [0.1, 0.15) is 22.1 Å². The second-order valence-corrected chi connectivity index (χ2v) is 10.4. The van der Waals surface area contributed by atoms with E-state index in [4.69, 9.17) is 4.74 Å². The zero-order valence-corrected chi connectivity index (χ0v) is 20.7. The Hall–Kier alpha value is -4.24. The number of halogens is 3. The third kappa shape index (κ3) is 7.88. The number of amides is 2. The summed E-state index contributed by atoms with van der Waals surface area (Å²) in [7, 11) is -4.44. The van der Waals surface area contributed by atoms with Gasteiger partial charge in [0.05, 0.1) is 11.6 Å². The molecule has 0 saturated carbocycles. The van der Waals surface area contributed by atoms with Crippen LogP contribution in [0.3, 0.4) is 0 Å². The molecule has 0 fully saturated rings. The summed E-state index contributed by atoms with van der Waals surface area (Å²) in [4.78, 5) is 11.8. The minimum atomic E-state index is -4.81. The highest BCUT2D eigenvalue weighted by Gasteiger charge is 2.31. The molecule has 3 rings (SSSR count). The van der Waals surface area contributed by atoms with Crippen LogP contribution in [0.25, 0.3) is 11.1 Å². The van der Waals surface area contributed by atoms with Crippen LogP contribution < -0.4 is 19.5 Å². The lowest BCUT2D eigenvalue weighted by Gasteiger charge is -2.21. The molecule has 3 aromatic carbocycles. The molecule has 0 atom stereocenters. The van der Waals surface area contributed by atoms with Gasteiger partial charge in [-0.15, -0.1) is 13.2 Å². The lowest BCUT2D eigenvalue weighted by molar-refractivity contribution is -0.274. The zero-order valence-electron chi connectivity index (χ0n) is 19.9. The largest absolute Gasteiger partial charge is 0.573 e. The maximum atomic E-state index is 13.0. The number of carbonyl (C=O) groups is 1. The van der Waals surface area contributed by atoms with Crippen LogP contribution in [0.15, 0.2) is 71.6 Å². The molecule has 0 aliphatic rings. The summed E-state index contributed by atoms with van der Waals surface area (Å²) >= 11 is 0. The molecular formula is C25H22F3N3O5S. The third-order valence-corrected chi connectivity index (χ3v) is 5.91. The molecule has 0 radical (unpaired) electrons. The molecule has 37 heavy (non-hydrogen) atoms. The summed E-state index contributed by atoms with van der Waals surface area (Å²) in [5.41, 5.74) is 0.439. The minimum absolute atomic E-state index is 0.0267. The monoisotopic (exact) mass is 533 g/mol. The Kier molecular flexibility index (Phi) is 7.69. The molecule has 194 valence electrons. The average molecular weight is 534 g/mol. The van der Waals surface area contributed by atoms with Crippen LogP contribution in [0.5, 0.6) is 17.2 Å². The third-order valence-electron chi connectivity index (χ3n) is 4.56. The molecule has 0 aliphatic carbocycles. The molecule has 0 aliphatic heterocycles. The first-order valence-electron chi connectivity index (χ1n) is 10.7. The van der Waals surface area contributed by atoms with Crippen molar-refractivity contribution in [2.24, 2.45) is 0 Å². The van der Waals surface area contributed by atoms with Crippen LogP contribution in [-0.4, -0.2) is 26.4 Å². The van der Waals surface area contributed by atoms with Crippen LogP contribution in [0.1, 0.15) is 26.3 Å². The van der Waals surface area contributed by atoms with Gasteiger partial charge in [0.25, 0.3) is 10.0 Å². The van der Waals surface area contributed by atoms with E-state index in [0.29, 0.717) is 11.1 Å². The van der Waals surface area contributed by atoms with Gasteiger partial charge in [0.2, 0.25) is 0 Å². The van der Waals surface area contributed by atoms with Crippen molar-refractivity contribution in [3.05, 3.63) is 72.3 Å². The highest BCUT2D eigenvalue weighted by Crippen LogP contribution is 2.33. The van der Waals surface area contributed by atoms with E-state index in [2.05, 4.69) is 10.1 Å². The van der Waals surface area contributed by atoms with Crippen molar-refractivity contribution >= 4 is 16.1 Å². The summed E-state index contributed by atoms with van der Waals surface area (Å²) in [6.45, 7) is 5.02. The summed E-state index contributed by atoms with van der Waals surface area (Å²) in [6, 6.07) is 16.2. The van der Waals surface area contributed by atoms with E-state index in [1.54, 1.807) is 45.0 Å². The molecule has 0 heterocycles. The molecule has 2 amide bonds. The molecule has 3 aromatic rings. The fraction of sp³-hybridized carbons (Fsp3) is 0.200. The Balaban J connectivity index is 1.90. The molecular weight excluding hydrogens is 511 g/mol. The smallest absolute Gasteiger partial charge is 0.456 e. The second-order valence-electron chi connectivity index (χ2n) is 8.79. The van der Waals surface area contributed by atoms with Crippen molar-refractivity contribution < 1.29 is 35.9 Å². The predicted molar refractivity (Wildman–Crippen MR) is 128 cm³/mol. The summed E-state index contributed by atoms with van der Waals surface area (Å²) in [5, 5.41) is 11.7. The van der Waals surface area contributed by atoms with Gasteiger partial charge >= 0.3 is 12.4 Å². The van der Waals surface area contributed by atoms with Crippen LogP contribution in [0, 0.1) is 11.3 Å². The molecule has 8 nitrogen and oxygen atoms in total. The molecule has 2 N–H and O–H groups in total. The minimum Gasteiger partial charge on any atom is -0.456 e. The maximum absolute atomic E-state index is 13.0. The summed E-state index contributed by atoms with van der Waals surface area (Å²) < 4.78 is 74.7. The van der Waals surface area contributed by atoms with E-state index in [1.807, 2.05) is 10.8 Å². The van der Waals surface area contributed by atoms with Gasteiger partial charge in [0.15, 0.2) is 0 Å². The number of nitrogens with one attached hydrogen (secondary N) is 2. The maximum Gasteiger partial charge on any atom is 0.573 e. The van der Waals surface area contributed by atoms with Gasteiger partial charge < -0.3 is 14.8 Å². The SMILES string of the molecule is CC(C)(C)NC(=O)NS(=O)(=O)c1cc(C#N)ccc1Oc1cccc(-c2ccc(OC(F)(F)F)cc2)c1. The van der Waals surface area contributed by atoms with Crippen LogP contribution in [0.4, 0.5) is 18.0 Å². The Morgan fingerprint density at radius 3 is 2.19 bits per heavy atom. The first kappa shape index (κ1) is 27.3. The zero-order chi connectivity index (χ0) is 27.4. The van der Waals surface area contributed by atoms with Gasteiger partial charge in [-0.1, -0.05) is 24.3 Å². The average Bonchev–Trinajstić information content (AvgIpc) is 2.77. The van der Waals surface area contributed by atoms with Gasteiger partial charge in [-0.2, -0.15) is 5.26 Å². The number of sulfonamides is 1. The summed E-state index contributed by atoms with van der Waals surface area (Å²) in [6.07, 6.45) is -4.81. The number of rotatable bonds is 6. The van der Waals surface area contributed by atoms with Crippen LogP contribution >= 0.6 is 0 Å². The lowest BCUT2D eigenvalue weighted by Crippen LogP contribution is -2.48. The number of ether oxygens (including phenoxy) is 2. The van der Waals surface area contributed by atoms with Crippen LogP contribution in [0.2, 0.25) is 0 Å².